The number of pyridine rings is 1. The molecule has 0 aliphatic heterocycles. The summed E-state index contributed by atoms with van der Waals surface area (Å²) in [5.41, 5.74) is 0.867. The third-order valence-corrected chi connectivity index (χ3v) is 1.85. The second kappa shape index (κ2) is 5.62. The third kappa shape index (κ3) is 4.39. The van der Waals surface area contributed by atoms with Crippen LogP contribution in [0.2, 0.25) is 0 Å². The summed E-state index contributed by atoms with van der Waals surface area (Å²) in [6, 6.07) is 3.32. The molecule has 0 spiro atoms. The van der Waals surface area contributed by atoms with Crippen LogP contribution in [0.4, 0.5) is 13.2 Å². The van der Waals surface area contributed by atoms with Crippen molar-refractivity contribution >= 4 is 5.97 Å². The van der Waals surface area contributed by atoms with Crippen molar-refractivity contribution in [2.75, 3.05) is 7.11 Å². The van der Waals surface area contributed by atoms with E-state index in [0.29, 0.717) is 6.61 Å². The summed E-state index contributed by atoms with van der Waals surface area (Å²) in [7, 11) is 1.53. The Bertz CT molecular complexity index is 375. The van der Waals surface area contributed by atoms with Crippen molar-refractivity contribution in [2.24, 2.45) is 0 Å². The zero-order chi connectivity index (χ0) is 12.9. The Morgan fingerprint density at radius 3 is 2.41 bits per heavy atom. The third-order valence-electron chi connectivity index (χ3n) is 1.85. The molecule has 1 heterocycles. The summed E-state index contributed by atoms with van der Waals surface area (Å²) in [6.45, 7) is -0.0746. The lowest BCUT2D eigenvalue weighted by Crippen LogP contribution is -2.38. The van der Waals surface area contributed by atoms with E-state index >= 15 is 0 Å². The molecule has 7 heteroatoms. The lowest BCUT2D eigenvalue weighted by molar-refractivity contribution is -0.728. The maximum atomic E-state index is 11.8. The monoisotopic (exact) mass is 250 g/mol. The Balaban J connectivity index is 2.50. The Labute approximate surface area is 95.6 Å². The number of nitrogens with zero attached hydrogens (tertiary/aromatic N) is 1. The summed E-state index contributed by atoms with van der Waals surface area (Å²) in [4.78, 5) is 10.4. The maximum absolute atomic E-state index is 11.8. The number of alkyl halides is 3. The zero-order valence-corrected chi connectivity index (χ0v) is 9.03. The highest BCUT2D eigenvalue weighted by Crippen LogP contribution is 2.16. The summed E-state index contributed by atoms with van der Waals surface area (Å²) < 4.78 is 45.7. The molecule has 0 unspecified atom stereocenters. The highest BCUT2D eigenvalue weighted by Gasteiger charge is 2.41. The van der Waals surface area contributed by atoms with Crippen LogP contribution in [-0.2, 0) is 27.6 Å². The molecule has 17 heavy (non-hydrogen) atoms. The number of rotatable bonds is 4. The van der Waals surface area contributed by atoms with Crippen molar-refractivity contribution in [1.29, 1.82) is 0 Å². The fourth-order valence-electron chi connectivity index (χ4n) is 1.05. The van der Waals surface area contributed by atoms with Crippen molar-refractivity contribution in [2.45, 2.75) is 19.5 Å². The highest BCUT2D eigenvalue weighted by atomic mass is 19.4. The van der Waals surface area contributed by atoms with Crippen LogP contribution in [0, 0.1) is 0 Å². The van der Waals surface area contributed by atoms with Gasteiger partial charge in [-0.1, -0.05) is 0 Å². The van der Waals surface area contributed by atoms with Crippen LogP contribution in [0.5, 0.6) is 0 Å². The largest absolute Gasteiger partial charge is 0.491 e. The van der Waals surface area contributed by atoms with Crippen molar-refractivity contribution in [3.8, 4) is 0 Å². The molecule has 1 rings (SSSR count). The van der Waals surface area contributed by atoms with E-state index in [1.165, 1.54) is 24.1 Å². The molecule has 0 saturated heterocycles. The van der Waals surface area contributed by atoms with Gasteiger partial charge >= 0.3 is 12.1 Å². The number of carbonyl (C=O) groups is 1. The maximum Gasteiger partial charge on any atom is 0.491 e. The Morgan fingerprint density at radius 2 is 1.94 bits per heavy atom. The predicted molar refractivity (Wildman–Crippen MR) is 49.5 cm³/mol. The van der Waals surface area contributed by atoms with Gasteiger partial charge in [0.15, 0.2) is 12.4 Å². The molecule has 1 aromatic rings. The summed E-state index contributed by atoms with van der Waals surface area (Å²) in [5, 5.41) is 0. The van der Waals surface area contributed by atoms with Gasteiger partial charge in [-0.25, -0.2) is 4.79 Å². The van der Waals surface area contributed by atoms with Gasteiger partial charge in [0.2, 0.25) is 0 Å². The van der Waals surface area contributed by atoms with Gasteiger partial charge in [0.1, 0.15) is 0 Å². The minimum absolute atomic E-state index is 0.406. The minimum atomic E-state index is -4.96. The predicted octanol–water partition coefficient (Wildman–Crippen LogP) is 1.18. The number of esters is 1. The lowest BCUT2D eigenvalue weighted by Gasteiger charge is -2.04. The number of ether oxygens (including phenoxy) is 2. The van der Waals surface area contributed by atoms with E-state index in [2.05, 4.69) is 4.74 Å². The fourth-order valence-corrected chi connectivity index (χ4v) is 1.05. The van der Waals surface area contributed by atoms with Gasteiger partial charge < -0.3 is 9.47 Å². The van der Waals surface area contributed by atoms with Gasteiger partial charge in [-0.05, 0) is 5.56 Å². The first-order valence-corrected chi connectivity index (χ1v) is 4.64. The van der Waals surface area contributed by atoms with Gasteiger partial charge in [0, 0.05) is 19.2 Å². The molecule has 0 fully saturated rings. The van der Waals surface area contributed by atoms with Gasteiger partial charge in [-0.2, -0.15) is 17.7 Å². The van der Waals surface area contributed by atoms with Gasteiger partial charge in [-0.3, -0.25) is 0 Å². The Morgan fingerprint density at radius 1 is 1.35 bits per heavy atom. The molecule has 94 valence electrons. The van der Waals surface area contributed by atoms with Crippen LogP contribution in [0.15, 0.2) is 24.5 Å². The molecule has 0 N–H and O–H groups in total. The minimum Gasteiger partial charge on any atom is -0.398 e. The number of methoxy groups -OCH3 is 1. The van der Waals surface area contributed by atoms with E-state index in [1.54, 1.807) is 12.1 Å². The molecular weight excluding hydrogens is 239 g/mol. The first-order valence-electron chi connectivity index (χ1n) is 4.64. The number of hydrogen-bond donors (Lipinski definition) is 0. The molecule has 0 amide bonds. The second-order valence-electron chi connectivity index (χ2n) is 3.21. The summed E-state index contributed by atoms with van der Waals surface area (Å²) in [5.74, 6) is -2.20. The molecular formula is C10H11F3NO3+. The first kappa shape index (κ1) is 13.4. The molecule has 0 bridgehead atoms. The van der Waals surface area contributed by atoms with Crippen LogP contribution < -0.4 is 4.57 Å². The van der Waals surface area contributed by atoms with E-state index in [-0.39, 0.29) is 0 Å². The second-order valence-corrected chi connectivity index (χ2v) is 3.21. The zero-order valence-electron chi connectivity index (χ0n) is 9.03. The van der Waals surface area contributed by atoms with Gasteiger partial charge in [-0.15, -0.1) is 0 Å². The lowest BCUT2D eigenvalue weighted by atomic mass is 10.3. The number of carbonyl (C=O) groups excluding carboxylic acids is 1. The van der Waals surface area contributed by atoms with Gasteiger partial charge in [0.25, 0.3) is 6.73 Å². The topological polar surface area (TPSA) is 39.4 Å². The average molecular weight is 250 g/mol. The molecule has 0 atom stereocenters. The quantitative estimate of drug-likeness (QED) is 0.595. The molecule has 0 aliphatic rings. The van der Waals surface area contributed by atoms with E-state index in [0.717, 1.165) is 5.56 Å². The average Bonchev–Trinajstić information content (AvgIpc) is 2.27. The number of hydrogen-bond acceptors (Lipinski definition) is 3. The molecule has 4 nitrogen and oxygen atoms in total. The van der Waals surface area contributed by atoms with E-state index in [4.69, 9.17) is 4.74 Å². The van der Waals surface area contributed by atoms with E-state index in [1.807, 2.05) is 0 Å². The van der Waals surface area contributed by atoms with Crippen LogP contribution in [0.1, 0.15) is 5.56 Å². The van der Waals surface area contributed by atoms with Crippen molar-refractivity contribution < 1.29 is 32.0 Å². The highest BCUT2D eigenvalue weighted by molar-refractivity contribution is 5.75. The van der Waals surface area contributed by atoms with E-state index in [9.17, 15) is 18.0 Å². The van der Waals surface area contributed by atoms with Crippen LogP contribution >= 0.6 is 0 Å². The van der Waals surface area contributed by atoms with Crippen molar-refractivity contribution in [3.05, 3.63) is 30.1 Å². The summed E-state index contributed by atoms with van der Waals surface area (Å²) in [6.07, 6.45) is -1.97. The molecule has 0 aromatic carbocycles. The van der Waals surface area contributed by atoms with Crippen LogP contribution in [0.3, 0.4) is 0 Å². The Kier molecular flexibility index (Phi) is 4.45. The van der Waals surface area contributed by atoms with Crippen LogP contribution in [0.25, 0.3) is 0 Å². The van der Waals surface area contributed by atoms with Crippen molar-refractivity contribution in [1.82, 2.24) is 0 Å². The number of halogens is 3. The first-order chi connectivity index (χ1) is 7.93. The van der Waals surface area contributed by atoms with E-state index < -0.39 is 18.9 Å². The smallest absolute Gasteiger partial charge is 0.398 e. The SMILES string of the molecule is COCc1cc[n+](COC(=O)C(F)(F)F)cc1. The van der Waals surface area contributed by atoms with Gasteiger partial charge in [0.05, 0.1) is 6.61 Å². The number of aromatic nitrogens is 1. The normalized spacial score (nSPS) is 11.3. The summed E-state index contributed by atoms with van der Waals surface area (Å²) >= 11 is 0. The molecule has 0 aliphatic carbocycles. The standard InChI is InChI=1S/C10H11F3NO3/c1-16-6-8-2-4-14(5-3-8)7-17-9(15)10(11,12)13/h2-5H,6-7H2,1H3/q+1. The molecule has 1 aromatic heterocycles. The van der Waals surface area contributed by atoms with Crippen LogP contribution in [-0.4, -0.2) is 19.3 Å². The fraction of sp³-hybridized carbons (Fsp3) is 0.400. The van der Waals surface area contributed by atoms with Crippen molar-refractivity contribution in [3.63, 3.8) is 0 Å². The molecule has 0 saturated carbocycles. The Hall–Kier alpha value is -1.63. The molecule has 0 radical (unpaired) electrons.